The van der Waals surface area contributed by atoms with Gasteiger partial charge < -0.3 is 20.3 Å². The van der Waals surface area contributed by atoms with Crippen molar-refractivity contribution in [1.29, 1.82) is 0 Å². The summed E-state index contributed by atoms with van der Waals surface area (Å²) in [4.78, 5) is 19.0. The number of rotatable bonds is 2. The molecule has 6 nitrogen and oxygen atoms in total. The van der Waals surface area contributed by atoms with E-state index in [9.17, 15) is 9.59 Å². The molecule has 0 fully saturated rings. The van der Waals surface area contributed by atoms with E-state index < -0.39 is 12.2 Å². The van der Waals surface area contributed by atoms with Gasteiger partial charge in [-0.05, 0) is 13.8 Å². The molecule has 0 atom stereocenters. The minimum atomic E-state index is -1.21. The summed E-state index contributed by atoms with van der Waals surface area (Å²) in [5, 5.41) is 7.69. The second-order valence-corrected chi connectivity index (χ2v) is 1.45. The van der Waals surface area contributed by atoms with Crippen molar-refractivity contribution in [2.24, 2.45) is 5.73 Å². The van der Waals surface area contributed by atoms with Gasteiger partial charge in [-0.1, -0.05) is 0 Å². The standard InChI is InChI=1S/C3H7NO2.C3H6O3/c2*1-2-6-3(4)5/h2H2,1H3,(H2,4,5);2H2,1H3,(H,4,5). The molecule has 0 aromatic carbocycles. The van der Waals surface area contributed by atoms with E-state index in [1.165, 1.54) is 0 Å². The molecule has 0 saturated heterocycles. The summed E-state index contributed by atoms with van der Waals surface area (Å²) in [6.45, 7) is 3.91. The summed E-state index contributed by atoms with van der Waals surface area (Å²) in [6, 6.07) is 0. The second kappa shape index (κ2) is 9.54. The fourth-order valence-corrected chi connectivity index (χ4v) is 0.266. The van der Waals surface area contributed by atoms with Crippen LogP contribution in [0.25, 0.3) is 0 Å². The third-order valence-electron chi connectivity index (χ3n) is 0.554. The van der Waals surface area contributed by atoms with E-state index in [2.05, 4.69) is 15.2 Å². The average molecular weight is 179 g/mol. The Kier molecular flexibility index (Phi) is 10.5. The number of primary amides is 1. The molecule has 12 heavy (non-hydrogen) atoms. The van der Waals surface area contributed by atoms with Crippen molar-refractivity contribution in [2.75, 3.05) is 13.2 Å². The van der Waals surface area contributed by atoms with Gasteiger partial charge in [-0.15, -0.1) is 0 Å². The molecule has 0 saturated carbocycles. The van der Waals surface area contributed by atoms with Gasteiger partial charge in [-0.25, -0.2) is 9.59 Å². The van der Waals surface area contributed by atoms with Gasteiger partial charge in [-0.3, -0.25) is 0 Å². The van der Waals surface area contributed by atoms with E-state index in [1.807, 2.05) is 0 Å². The van der Waals surface area contributed by atoms with Crippen LogP contribution in [0.3, 0.4) is 0 Å². The normalized spacial score (nSPS) is 7.50. The van der Waals surface area contributed by atoms with E-state index in [4.69, 9.17) is 5.11 Å². The Morgan fingerprint density at radius 2 is 1.67 bits per heavy atom. The number of carbonyl (C=O) groups excluding carboxylic acids is 1. The maximum absolute atomic E-state index is 9.60. The number of carbonyl (C=O) groups is 2. The van der Waals surface area contributed by atoms with Crippen LogP contribution in [0.1, 0.15) is 13.8 Å². The Morgan fingerprint density at radius 1 is 1.25 bits per heavy atom. The van der Waals surface area contributed by atoms with Gasteiger partial charge in [-0.2, -0.15) is 0 Å². The van der Waals surface area contributed by atoms with Gasteiger partial charge in [0.1, 0.15) is 0 Å². The molecule has 1 amide bonds. The molecular weight excluding hydrogens is 166 g/mol. The maximum Gasteiger partial charge on any atom is 0.505 e. The average Bonchev–Trinajstić information content (AvgIpc) is 1.87. The van der Waals surface area contributed by atoms with Crippen molar-refractivity contribution in [3.63, 3.8) is 0 Å². The predicted molar refractivity (Wildman–Crippen MR) is 40.9 cm³/mol. The number of ether oxygens (including phenoxy) is 2. The molecule has 0 unspecified atom stereocenters. The van der Waals surface area contributed by atoms with Crippen molar-refractivity contribution < 1.29 is 24.2 Å². The quantitative estimate of drug-likeness (QED) is 0.611. The second-order valence-electron chi connectivity index (χ2n) is 1.45. The Labute approximate surface area is 70.3 Å². The molecule has 0 aromatic heterocycles. The molecule has 0 bridgehead atoms. The first-order valence-electron chi connectivity index (χ1n) is 3.32. The summed E-state index contributed by atoms with van der Waals surface area (Å²) in [6.07, 6.45) is -1.92. The fraction of sp³-hybridized carbons (Fsp3) is 0.667. The van der Waals surface area contributed by atoms with Crippen LogP contribution in [-0.2, 0) is 9.47 Å². The molecule has 0 aliphatic carbocycles. The highest BCUT2D eigenvalue weighted by Gasteiger charge is 1.86. The third kappa shape index (κ3) is 23.6. The van der Waals surface area contributed by atoms with Crippen LogP contribution in [0.4, 0.5) is 9.59 Å². The monoisotopic (exact) mass is 179 g/mol. The number of nitrogens with two attached hydrogens (primary N) is 1. The van der Waals surface area contributed by atoms with Gasteiger partial charge in [0.25, 0.3) is 0 Å². The minimum Gasteiger partial charge on any atom is -0.450 e. The number of carboxylic acid groups (broad SMARTS) is 1. The summed E-state index contributed by atoms with van der Waals surface area (Å²) in [5.41, 5.74) is 4.54. The van der Waals surface area contributed by atoms with Crippen molar-refractivity contribution in [3.05, 3.63) is 0 Å². The smallest absolute Gasteiger partial charge is 0.450 e. The van der Waals surface area contributed by atoms with E-state index in [1.54, 1.807) is 13.8 Å². The number of amides is 1. The summed E-state index contributed by atoms with van der Waals surface area (Å²) < 4.78 is 8.14. The highest BCUT2D eigenvalue weighted by molar-refractivity contribution is 5.64. The number of hydrogen-bond donors (Lipinski definition) is 2. The van der Waals surface area contributed by atoms with Crippen LogP contribution in [0.15, 0.2) is 0 Å². The molecule has 0 aliphatic rings. The molecule has 0 spiro atoms. The summed E-state index contributed by atoms with van der Waals surface area (Å²) in [5.74, 6) is 0. The molecule has 0 heterocycles. The Bertz CT molecular complexity index is 120. The van der Waals surface area contributed by atoms with E-state index in [0.717, 1.165) is 0 Å². The first-order valence-corrected chi connectivity index (χ1v) is 3.32. The van der Waals surface area contributed by atoms with E-state index in [0.29, 0.717) is 6.61 Å². The van der Waals surface area contributed by atoms with Crippen LogP contribution in [0, 0.1) is 0 Å². The van der Waals surface area contributed by atoms with Crippen molar-refractivity contribution in [2.45, 2.75) is 13.8 Å². The topological polar surface area (TPSA) is 98.8 Å². The van der Waals surface area contributed by atoms with Crippen molar-refractivity contribution >= 4 is 12.2 Å². The highest BCUT2D eigenvalue weighted by atomic mass is 16.7. The number of hydrogen-bond acceptors (Lipinski definition) is 4. The Morgan fingerprint density at radius 3 is 1.67 bits per heavy atom. The fourth-order valence-electron chi connectivity index (χ4n) is 0.266. The largest absolute Gasteiger partial charge is 0.505 e. The molecule has 0 aromatic rings. The van der Waals surface area contributed by atoms with Gasteiger partial charge in [0.15, 0.2) is 0 Å². The van der Waals surface area contributed by atoms with Crippen molar-refractivity contribution in [1.82, 2.24) is 0 Å². The minimum absolute atomic E-state index is 0.231. The predicted octanol–water partition coefficient (Wildman–Crippen LogP) is 0.802. The van der Waals surface area contributed by atoms with Gasteiger partial charge >= 0.3 is 12.2 Å². The third-order valence-corrected chi connectivity index (χ3v) is 0.554. The maximum atomic E-state index is 9.60. The van der Waals surface area contributed by atoms with Gasteiger partial charge in [0, 0.05) is 0 Å². The zero-order valence-corrected chi connectivity index (χ0v) is 7.07. The molecular formula is C6H13NO5. The lowest BCUT2D eigenvalue weighted by Crippen LogP contribution is -2.11. The van der Waals surface area contributed by atoms with Crippen LogP contribution in [0.2, 0.25) is 0 Å². The van der Waals surface area contributed by atoms with Gasteiger partial charge in [0.05, 0.1) is 13.2 Å². The summed E-state index contributed by atoms with van der Waals surface area (Å²) >= 11 is 0. The Balaban J connectivity index is 0. The molecule has 6 heteroatoms. The van der Waals surface area contributed by atoms with Gasteiger partial charge in [0.2, 0.25) is 0 Å². The van der Waals surface area contributed by atoms with Crippen LogP contribution in [0.5, 0.6) is 0 Å². The van der Waals surface area contributed by atoms with E-state index in [-0.39, 0.29) is 6.61 Å². The first-order chi connectivity index (χ1) is 5.54. The van der Waals surface area contributed by atoms with Crippen LogP contribution >= 0.6 is 0 Å². The van der Waals surface area contributed by atoms with Crippen LogP contribution < -0.4 is 5.73 Å². The lowest BCUT2D eigenvalue weighted by atomic mass is 10.9. The zero-order chi connectivity index (χ0) is 9.98. The van der Waals surface area contributed by atoms with Crippen LogP contribution in [-0.4, -0.2) is 30.6 Å². The molecule has 0 aliphatic heterocycles. The molecule has 72 valence electrons. The lowest BCUT2D eigenvalue weighted by molar-refractivity contribution is 0.0966. The SMILES string of the molecule is CCOC(=O)O.CCOC(N)=O. The van der Waals surface area contributed by atoms with Crippen molar-refractivity contribution in [3.8, 4) is 0 Å². The van der Waals surface area contributed by atoms with E-state index >= 15 is 0 Å². The molecule has 0 radical (unpaired) electrons. The Hall–Kier alpha value is -1.46. The molecule has 0 rings (SSSR count). The highest BCUT2D eigenvalue weighted by Crippen LogP contribution is 1.69. The zero-order valence-electron chi connectivity index (χ0n) is 7.07. The molecule has 3 N–H and O–H groups in total. The lowest BCUT2D eigenvalue weighted by Gasteiger charge is -1.89. The summed E-state index contributed by atoms with van der Waals surface area (Å²) in [7, 11) is 0. The first kappa shape index (κ1) is 13.2.